The SMILES string of the molecule is O=C1/C(=C\c2ccc(-c3ccc(Cl)c([N+](=O)[O-])c3)o2)SC(=S)N1c1ccc2c(c1)OCO2. The number of amides is 1. The first kappa shape index (κ1) is 20.6. The summed E-state index contributed by atoms with van der Waals surface area (Å²) in [6.07, 6.45) is 1.58. The number of nitro benzene ring substituents is 1. The molecule has 0 spiro atoms. The van der Waals surface area contributed by atoms with E-state index in [4.69, 9.17) is 37.7 Å². The van der Waals surface area contributed by atoms with Crippen molar-refractivity contribution in [1.82, 2.24) is 0 Å². The topological polar surface area (TPSA) is 95.0 Å². The third kappa shape index (κ3) is 3.62. The maximum absolute atomic E-state index is 13.0. The highest BCUT2D eigenvalue weighted by Gasteiger charge is 2.34. The average Bonchev–Trinajstić information content (AvgIpc) is 3.48. The first-order valence-electron chi connectivity index (χ1n) is 9.12. The quantitative estimate of drug-likeness (QED) is 0.202. The van der Waals surface area contributed by atoms with E-state index in [0.717, 1.165) is 11.8 Å². The zero-order valence-corrected chi connectivity index (χ0v) is 18.3. The Kier molecular flexibility index (Phi) is 5.12. The summed E-state index contributed by atoms with van der Waals surface area (Å²) < 4.78 is 16.8. The number of furan rings is 1. The number of ether oxygens (including phenoxy) is 2. The fourth-order valence-electron chi connectivity index (χ4n) is 3.24. The predicted octanol–water partition coefficient (Wildman–Crippen LogP) is 5.64. The van der Waals surface area contributed by atoms with Gasteiger partial charge in [-0.05, 0) is 36.4 Å². The molecule has 2 aliphatic rings. The lowest BCUT2D eigenvalue weighted by atomic mass is 10.1. The average molecular weight is 487 g/mol. The highest BCUT2D eigenvalue weighted by Crippen LogP contribution is 2.41. The van der Waals surface area contributed by atoms with Crippen LogP contribution >= 0.6 is 35.6 Å². The number of thiocarbonyl (C=S) groups is 1. The van der Waals surface area contributed by atoms with Crippen LogP contribution in [0.5, 0.6) is 11.5 Å². The molecule has 0 bridgehead atoms. The minimum Gasteiger partial charge on any atom is -0.457 e. The Balaban J connectivity index is 1.41. The molecule has 0 N–H and O–H groups in total. The van der Waals surface area contributed by atoms with E-state index in [2.05, 4.69) is 0 Å². The summed E-state index contributed by atoms with van der Waals surface area (Å²) in [5, 5.41) is 11.2. The number of fused-ring (bicyclic) bond motifs is 1. The minimum absolute atomic E-state index is 0.0396. The lowest BCUT2D eigenvalue weighted by Gasteiger charge is -2.14. The molecule has 0 radical (unpaired) electrons. The number of thioether (sulfide) groups is 1. The zero-order valence-electron chi connectivity index (χ0n) is 15.9. The molecule has 3 heterocycles. The third-order valence-corrected chi connectivity index (χ3v) is 6.36. The first-order chi connectivity index (χ1) is 15.4. The highest BCUT2D eigenvalue weighted by molar-refractivity contribution is 8.27. The van der Waals surface area contributed by atoms with Gasteiger partial charge in [0.25, 0.3) is 11.6 Å². The Morgan fingerprint density at radius 3 is 2.75 bits per heavy atom. The van der Waals surface area contributed by atoms with Gasteiger partial charge in [0.15, 0.2) is 15.8 Å². The molecule has 0 atom stereocenters. The zero-order chi connectivity index (χ0) is 22.4. The van der Waals surface area contributed by atoms with Crippen LogP contribution in [0.2, 0.25) is 5.02 Å². The van der Waals surface area contributed by atoms with Crippen LogP contribution in [0.1, 0.15) is 5.76 Å². The summed E-state index contributed by atoms with van der Waals surface area (Å²) in [4.78, 5) is 25.4. The van der Waals surface area contributed by atoms with E-state index in [1.807, 2.05) is 0 Å². The number of anilines is 1. The molecular formula is C21H11ClN2O6S2. The van der Waals surface area contributed by atoms with E-state index in [1.54, 1.807) is 42.5 Å². The fraction of sp³-hybridized carbons (Fsp3) is 0.0476. The summed E-state index contributed by atoms with van der Waals surface area (Å²) >= 11 is 12.4. The smallest absolute Gasteiger partial charge is 0.288 e. The van der Waals surface area contributed by atoms with E-state index in [9.17, 15) is 14.9 Å². The molecule has 0 aliphatic carbocycles. The summed E-state index contributed by atoms with van der Waals surface area (Å²) in [5.41, 5.74) is 0.856. The van der Waals surface area contributed by atoms with Gasteiger partial charge in [0.05, 0.1) is 15.5 Å². The second kappa shape index (κ2) is 7.97. The van der Waals surface area contributed by atoms with Gasteiger partial charge < -0.3 is 13.9 Å². The van der Waals surface area contributed by atoms with E-state index in [1.165, 1.54) is 17.0 Å². The normalized spacial score (nSPS) is 16.3. The van der Waals surface area contributed by atoms with Crippen molar-refractivity contribution in [1.29, 1.82) is 0 Å². The van der Waals surface area contributed by atoms with Crippen molar-refractivity contribution in [3.05, 3.63) is 74.3 Å². The highest BCUT2D eigenvalue weighted by atomic mass is 35.5. The molecule has 0 saturated carbocycles. The van der Waals surface area contributed by atoms with Crippen molar-refractivity contribution in [3.8, 4) is 22.8 Å². The second-order valence-electron chi connectivity index (χ2n) is 6.68. The maximum atomic E-state index is 13.0. The fourth-order valence-corrected chi connectivity index (χ4v) is 4.70. The number of hydrogen-bond donors (Lipinski definition) is 0. The molecule has 160 valence electrons. The van der Waals surface area contributed by atoms with Crippen molar-refractivity contribution < 1.29 is 23.6 Å². The first-order valence-corrected chi connectivity index (χ1v) is 10.7. The standard InChI is InChI=1S/C21H11ClN2O6S2/c22-14-4-1-11(7-15(14)24(26)27)16-6-3-13(30-16)9-19-20(25)23(21(31)32-19)12-2-5-17-18(8-12)29-10-28-17/h1-9H,10H2/b19-9+. The molecule has 5 rings (SSSR count). The van der Waals surface area contributed by atoms with E-state index in [0.29, 0.717) is 43.5 Å². The van der Waals surface area contributed by atoms with Gasteiger partial charge in [-0.25, -0.2) is 0 Å². The predicted molar refractivity (Wildman–Crippen MR) is 124 cm³/mol. The number of rotatable bonds is 4. The molecule has 0 unspecified atom stereocenters. The summed E-state index contributed by atoms with van der Waals surface area (Å²) in [6.45, 7) is 0.134. The Labute approximate surface area is 195 Å². The molecule has 11 heteroatoms. The van der Waals surface area contributed by atoms with Crippen LogP contribution in [-0.4, -0.2) is 21.9 Å². The van der Waals surface area contributed by atoms with Gasteiger partial charge in [0, 0.05) is 23.8 Å². The van der Waals surface area contributed by atoms with Gasteiger partial charge in [-0.15, -0.1) is 0 Å². The van der Waals surface area contributed by atoms with Gasteiger partial charge in [-0.3, -0.25) is 19.8 Å². The van der Waals surface area contributed by atoms with Crippen LogP contribution < -0.4 is 14.4 Å². The van der Waals surface area contributed by atoms with Gasteiger partial charge >= 0.3 is 0 Å². The molecule has 1 amide bonds. The third-order valence-electron chi connectivity index (χ3n) is 4.74. The van der Waals surface area contributed by atoms with Crippen LogP contribution in [0.3, 0.4) is 0 Å². The molecule has 2 aromatic carbocycles. The maximum Gasteiger partial charge on any atom is 0.288 e. The van der Waals surface area contributed by atoms with E-state index < -0.39 is 4.92 Å². The van der Waals surface area contributed by atoms with Crippen molar-refractivity contribution in [3.63, 3.8) is 0 Å². The van der Waals surface area contributed by atoms with Crippen LogP contribution in [-0.2, 0) is 4.79 Å². The molecule has 32 heavy (non-hydrogen) atoms. The summed E-state index contributed by atoms with van der Waals surface area (Å²) in [6, 6.07) is 12.9. The lowest BCUT2D eigenvalue weighted by Crippen LogP contribution is -2.27. The Hall–Kier alpha value is -3.34. The number of hydrogen-bond acceptors (Lipinski definition) is 8. The minimum atomic E-state index is -0.558. The summed E-state index contributed by atoms with van der Waals surface area (Å²) in [7, 11) is 0. The Morgan fingerprint density at radius 1 is 1.12 bits per heavy atom. The largest absolute Gasteiger partial charge is 0.457 e. The lowest BCUT2D eigenvalue weighted by molar-refractivity contribution is -0.384. The number of carbonyl (C=O) groups is 1. The molecule has 1 saturated heterocycles. The van der Waals surface area contributed by atoms with E-state index >= 15 is 0 Å². The van der Waals surface area contributed by atoms with Gasteiger partial charge in [-0.2, -0.15) is 0 Å². The molecule has 2 aliphatic heterocycles. The molecule has 3 aromatic rings. The second-order valence-corrected chi connectivity index (χ2v) is 8.76. The summed E-state index contributed by atoms with van der Waals surface area (Å²) in [5.74, 6) is 1.68. The van der Waals surface area contributed by atoms with Crippen molar-refractivity contribution in [2.24, 2.45) is 0 Å². The van der Waals surface area contributed by atoms with Gasteiger partial charge in [-0.1, -0.05) is 35.6 Å². The molecule has 1 aromatic heterocycles. The monoisotopic (exact) mass is 486 g/mol. The van der Waals surface area contributed by atoms with Crippen molar-refractivity contribution in [2.45, 2.75) is 0 Å². The van der Waals surface area contributed by atoms with Crippen LogP contribution in [0.25, 0.3) is 17.4 Å². The van der Waals surface area contributed by atoms with Crippen LogP contribution in [0.4, 0.5) is 11.4 Å². The van der Waals surface area contributed by atoms with Crippen molar-refractivity contribution in [2.75, 3.05) is 11.7 Å². The van der Waals surface area contributed by atoms with Crippen LogP contribution in [0.15, 0.2) is 57.9 Å². The number of nitro groups is 1. The molecule has 8 nitrogen and oxygen atoms in total. The molecule has 1 fully saturated rings. The van der Waals surface area contributed by atoms with Gasteiger partial charge in [0.1, 0.15) is 16.5 Å². The number of nitrogens with zero attached hydrogens (tertiary/aromatic N) is 2. The van der Waals surface area contributed by atoms with E-state index in [-0.39, 0.29) is 23.4 Å². The van der Waals surface area contributed by atoms with Gasteiger partial charge in [0.2, 0.25) is 6.79 Å². The van der Waals surface area contributed by atoms with Crippen LogP contribution in [0, 0.1) is 10.1 Å². The van der Waals surface area contributed by atoms with Crippen molar-refractivity contribution >= 4 is 63.3 Å². The number of benzene rings is 2. The number of halogens is 1. The molecular weight excluding hydrogens is 476 g/mol. The Bertz CT molecular complexity index is 1340. The number of carbonyl (C=O) groups excluding carboxylic acids is 1. The Morgan fingerprint density at radius 2 is 1.94 bits per heavy atom.